The first-order valence-corrected chi connectivity index (χ1v) is 8.53. The maximum Gasteiger partial charge on any atom is 0.411 e. The van der Waals surface area contributed by atoms with Gasteiger partial charge in [-0.2, -0.15) is 0 Å². The highest BCUT2D eigenvalue weighted by Gasteiger charge is 2.30. The molecule has 0 atom stereocenters. The molecule has 0 spiro atoms. The molecule has 0 saturated carbocycles. The quantitative estimate of drug-likeness (QED) is 0.400. The van der Waals surface area contributed by atoms with Gasteiger partial charge in [0.15, 0.2) is 0 Å². The number of hydrogen-bond acceptors (Lipinski definition) is 3. The van der Waals surface area contributed by atoms with Gasteiger partial charge in [-0.3, -0.25) is 4.90 Å². The van der Waals surface area contributed by atoms with Crippen LogP contribution in [0.3, 0.4) is 0 Å². The summed E-state index contributed by atoms with van der Waals surface area (Å²) < 4.78 is 5.61. The van der Waals surface area contributed by atoms with Crippen molar-refractivity contribution in [1.82, 2.24) is 4.90 Å². The Labute approximate surface area is 154 Å². The zero-order chi connectivity index (χ0) is 19.0. The van der Waals surface area contributed by atoms with E-state index in [1.165, 1.54) is 0 Å². The largest absolute Gasteiger partial charge is 0.444 e. The number of nitrogens with zero attached hydrogens (tertiary/aromatic N) is 4. The third-order valence-corrected chi connectivity index (χ3v) is 3.67. The molecule has 1 amide bonds. The van der Waals surface area contributed by atoms with E-state index in [2.05, 4.69) is 10.0 Å². The van der Waals surface area contributed by atoms with Crippen LogP contribution in [0.2, 0.25) is 0 Å². The van der Waals surface area contributed by atoms with E-state index in [4.69, 9.17) is 10.3 Å². The molecule has 2 aromatic rings. The van der Waals surface area contributed by atoms with Crippen LogP contribution in [0.15, 0.2) is 65.8 Å². The van der Waals surface area contributed by atoms with Gasteiger partial charge >= 0.3 is 6.09 Å². The average Bonchev–Trinajstić information content (AvgIpc) is 2.61. The zero-order valence-electron chi connectivity index (χ0n) is 15.4. The fraction of sp³-hybridized carbons (Fsp3) is 0.350. The second kappa shape index (κ2) is 8.92. The Morgan fingerprint density at radius 1 is 1.08 bits per heavy atom. The SMILES string of the molecule is CC(C)(C)OC(=O)N(CCN=[N+]=[N-])C(c1ccccc1)c1ccccc1. The summed E-state index contributed by atoms with van der Waals surface area (Å²) >= 11 is 0. The van der Waals surface area contributed by atoms with Crippen molar-refractivity contribution in [1.29, 1.82) is 0 Å². The van der Waals surface area contributed by atoms with Gasteiger partial charge in [-0.25, -0.2) is 4.79 Å². The predicted octanol–water partition coefficient (Wildman–Crippen LogP) is 5.32. The molecule has 2 aromatic carbocycles. The standard InChI is InChI=1S/C20H24N4O2/c1-20(2,3)26-19(25)24(15-14-22-23-21)18(16-10-6-4-7-11-16)17-12-8-5-9-13-17/h4-13,18H,14-15H2,1-3H3. The number of amides is 1. The number of azide groups is 1. The van der Waals surface area contributed by atoms with Crippen LogP contribution in [0.1, 0.15) is 37.9 Å². The summed E-state index contributed by atoms with van der Waals surface area (Å²) in [6.45, 7) is 5.92. The Bertz CT molecular complexity index is 711. The Hall–Kier alpha value is -2.98. The molecule has 6 nitrogen and oxygen atoms in total. The molecule has 0 heterocycles. The lowest BCUT2D eigenvalue weighted by atomic mass is 9.97. The molecule has 0 saturated heterocycles. The van der Waals surface area contributed by atoms with E-state index in [0.717, 1.165) is 11.1 Å². The van der Waals surface area contributed by atoms with Gasteiger partial charge in [0.25, 0.3) is 0 Å². The van der Waals surface area contributed by atoms with Gasteiger partial charge in [0, 0.05) is 18.0 Å². The molecule has 0 aromatic heterocycles. The molecule has 6 heteroatoms. The molecule has 136 valence electrons. The van der Waals surface area contributed by atoms with Gasteiger partial charge in [-0.05, 0) is 37.4 Å². The summed E-state index contributed by atoms with van der Waals surface area (Å²) in [6.07, 6.45) is -0.441. The lowest BCUT2D eigenvalue weighted by Gasteiger charge is -2.34. The predicted molar refractivity (Wildman–Crippen MR) is 102 cm³/mol. The van der Waals surface area contributed by atoms with Crippen molar-refractivity contribution in [3.05, 3.63) is 82.2 Å². The first-order valence-electron chi connectivity index (χ1n) is 8.53. The topological polar surface area (TPSA) is 78.3 Å². The maximum atomic E-state index is 12.9. The van der Waals surface area contributed by atoms with Gasteiger partial charge in [0.2, 0.25) is 0 Å². The molecule has 0 bridgehead atoms. The van der Waals surface area contributed by atoms with E-state index in [0.29, 0.717) is 0 Å². The Morgan fingerprint density at radius 2 is 1.58 bits per heavy atom. The van der Waals surface area contributed by atoms with Crippen LogP contribution in [0.25, 0.3) is 10.4 Å². The summed E-state index contributed by atoms with van der Waals surface area (Å²) in [5.41, 5.74) is 9.91. The second-order valence-electron chi connectivity index (χ2n) is 6.85. The molecule has 0 aliphatic carbocycles. The van der Waals surface area contributed by atoms with Gasteiger partial charge in [-0.1, -0.05) is 65.8 Å². The van der Waals surface area contributed by atoms with Crippen LogP contribution in [-0.2, 0) is 4.74 Å². The number of ether oxygens (including phenoxy) is 1. The third-order valence-electron chi connectivity index (χ3n) is 3.67. The smallest absolute Gasteiger partial charge is 0.411 e. The molecule has 0 aliphatic heterocycles. The summed E-state index contributed by atoms with van der Waals surface area (Å²) in [6, 6.07) is 19.2. The van der Waals surface area contributed by atoms with E-state index in [1.54, 1.807) is 4.90 Å². The fourth-order valence-corrected chi connectivity index (χ4v) is 2.67. The molecular weight excluding hydrogens is 328 g/mol. The number of hydrogen-bond donors (Lipinski definition) is 0. The van der Waals surface area contributed by atoms with Gasteiger partial charge < -0.3 is 4.74 Å². The van der Waals surface area contributed by atoms with E-state index in [9.17, 15) is 4.79 Å². The lowest BCUT2D eigenvalue weighted by Crippen LogP contribution is -2.41. The van der Waals surface area contributed by atoms with Gasteiger partial charge in [0.05, 0.1) is 6.04 Å². The Morgan fingerprint density at radius 3 is 2.00 bits per heavy atom. The summed E-state index contributed by atoms with van der Waals surface area (Å²) in [7, 11) is 0. The molecule has 0 N–H and O–H groups in total. The van der Waals surface area contributed by atoms with Gasteiger partial charge in [0.1, 0.15) is 5.60 Å². The molecular formula is C20H24N4O2. The van der Waals surface area contributed by atoms with Crippen molar-refractivity contribution in [2.75, 3.05) is 13.1 Å². The number of benzene rings is 2. The highest BCUT2D eigenvalue weighted by Crippen LogP contribution is 2.30. The average molecular weight is 352 g/mol. The number of rotatable bonds is 6. The second-order valence-corrected chi connectivity index (χ2v) is 6.85. The first kappa shape index (κ1) is 19.3. The summed E-state index contributed by atoms with van der Waals surface area (Å²) in [5.74, 6) is 0. The minimum atomic E-state index is -0.619. The zero-order valence-corrected chi connectivity index (χ0v) is 15.4. The Kier molecular flexibility index (Phi) is 6.64. The van der Waals surface area contributed by atoms with Crippen molar-refractivity contribution in [2.24, 2.45) is 5.11 Å². The van der Waals surface area contributed by atoms with E-state index >= 15 is 0 Å². The van der Waals surface area contributed by atoms with Crippen molar-refractivity contribution < 1.29 is 9.53 Å². The Balaban J connectivity index is 2.46. The molecule has 26 heavy (non-hydrogen) atoms. The van der Waals surface area contributed by atoms with Crippen LogP contribution in [-0.4, -0.2) is 29.7 Å². The lowest BCUT2D eigenvalue weighted by molar-refractivity contribution is 0.0197. The van der Waals surface area contributed by atoms with Crippen LogP contribution in [0.4, 0.5) is 4.79 Å². The van der Waals surface area contributed by atoms with E-state index < -0.39 is 11.7 Å². The molecule has 0 unspecified atom stereocenters. The number of carbonyl (C=O) groups excluding carboxylic acids is 1. The van der Waals surface area contributed by atoms with Crippen LogP contribution >= 0.6 is 0 Å². The minimum Gasteiger partial charge on any atom is -0.444 e. The maximum absolute atomic E-state index is 12.9. The summed E-state index contributed by atoms with van der Waals surface area (Å²) in [4.78, 5) is 17.3. The highest BCUT2D eigenvalue weighted by molar-refractivity contribution is 5.69. The van der Waals surface area contributed by atoms with Crippen molar-refractivity contribution in [3.63, 3.8) is 0 Å². The normalized spacial score (nSPS) is 10.9. The monoisotopic (exact) mass is 352 g/mol. The van der Waals surface area contributed by atoms with Crippen LogP contribution in [0.5, 0.6) is 0 Å². The van der Waals surface area contributed by atoms with Crippen molar-refractivity contribution >= 4 is 6.09 Å². The molecule has 0 aliphatic rings. The summed E-state index contributed by atoms with van der Waals surface area (Å²) in [5, 5.41) is 3.59. The third kappa shape index (κ3) is 5.53. The fourth-order valence-electron chi connectivity index (χ4n) is 2.67. The minimum absolute atomic E-state index is 0.173. The van der Waals surface area contributed by atoms with Crippen LogP contribution < -0.4 is 0 Å². The number of carbonyl (C=O) groups is 1. The molecule has 0 fully saturated rings. The molecule has 2 rings (SSSR count). The van der Waals surface area contributed by atoms with Gasteiger partial charge in [-0.15, -0.1) is 0 Å². The van der Waals surface area contributed by atoms with E-state index in [1.807, 2.05) is 81.4 Å². The van der Waals surface area contributed by atoms with Crippen molar-refractivity contribution in [2.45, 2.75) is 32.4 Å². The van der Waals surface area contributed by atoms with Crippen LogP contribution in [0, 0.1) is 0 Å². The molecule has 0 radical (unpaired) electrons. The first-order chi connectivity index (χ1) is 12.4. The van der Waals surface area contributed by atoms with Crippen molar-refractivity contribution in [3.8, 4) is 0 Å². The van der Waals surface area contributed by atoms with E-state index in [-0.39, 0.29) is 19.1 Å². The highest BCUT2D eigenvalue weighted by atomic mass is 16.6.